The summed E-state index contributed by atoms with van der Waals surface area (Å²) in [6, 6.07) is 6.58. The highest BCUT2D eigenvalue weighted by molar-refractivity contribution is 5.59. The minimum atomic E-state index is 0.193. The van der Waals surface area contributed by atoms with Gasteiger partial charge in [-0.2, -0.15) is 0 Å². The molecule has 0 atom stereocenters. The summed E-state index contributed by atoms with van der Waals surface area (Å²) in [6.07, 6.45) is 0.193. The van der Waals surface area contributed by atoms with Crippen LogP contribution >= 0.6 is 0 Å². The van der Waals surface area contributed by atoms with Crippen molar-refractivity contribution in [2.75, 3.05) is 24.5 Å². The molecule has 1 aromatic rings. The zero-order chi connectivity index (χ0) is 15.8. The van der Waals surface area contributed by atoms with Crippen LogP contribution in [0.4, 0.5) is 5.69 Å². The Hall–Kier alpha value is -1.22. The van der Waals surface area contributed by atoms with Gasteiger partial charge in [0.25, 0.3) is 0 Å². The number of ether oxygens (including phenoxy) is 1. The van der Waals surface area contributed by atoms with Gasteiger partial charge in [-0.3, -0.25) is 0 Å². The highest BCUT2D eigenvalue weighted by atomic mass is 16.5. The predicted molar refractivity (Wildman–Crippen MR) is 92.3 cm³/mol. The van der Waals surface area contributed by atoms with Gasteiger partial charge in [0.05, 0.1) is 11.8 Å². The molecule has 0 saturated heterocycles. The van der Waals surface area contributed by atoms with Gasteiger partial charge in [-0.1, -0.05) is 19.9 Å². The quantitative estimate of drug-likeness (QED) is 0.742. The zero-order valence-corrected chi connectivity index (χ0v) is 14.6. The zero-order valence-electron chi connectivity index (χ0n) is 14.6. The van der Waals surface area contributed by atoms with Gasteiger partial charge >= 0.3 is 0 Å². The molecule has 0 aliphatic carbocycles. The van der Waals surface area contributed by atoms with Gasteiger partial charge in [0.2, 0.25) is 0 Å². The van der Waals surface area contributed by atoms with E-state index in [1.165, 1.54) is 11.3 Å². The molecule has 1 aromatic carbocycles. The molecular formula is C18H32N2O. The molecule has 0 spiro atoms. The summed E-state index contributed by atoms with van der Waals surface area (Å²) >= 11 is 0. The van der Waals surface area contributed by atoms with Crippen molar-refractivity contribution in [2.24, 2.45) is 5.92 Å². The summed E-state index contributed by atoms with van der Waals surface area (Å²) < 4.78 is 6.03. The van der Waals surface area contributed by atoms with E-state index in [0.29, 0.717) is 5.92 Å². The van der Waals surface area contributed by atoms with Crippen LogP contribution in [0, 0.1) is 5.92 Å². The summed E-state index contributed by atoms with van der Waals surface area (Å²) in [5, 5.41) is 3.49. The van der Waals surface area contributed by atoms with E-state index in [1.807, 2.05) is 0 Å². The molecule has 1 rings (SSSR count). The molecule has 0 bridgehead atoms. The molecule has 0 heterocycles. The number of nitrogens with one attached hydrogen (secondary N) is 1. The van der Waals surface area contributed by atoms with Crippen LogP contribution in [0.25, 0.3) is 0 Å². The van der Waals surface area contributed by atoms with E-state index in [-0.39, 0.29) is 6.10 Å². The topological polar surface area (TPSA) is 24.5 Å². The molecule has 0 amide bonds. The van der Waals surface area contributed by atoms with Crippen molar-refractivity contribution in [3.63, 3.8) is 0 Å². The van der Waals surface area contributed by atoms with Crippen LogP contribution in [0.2, 0.25) is 0 Å². The van der Waals surface area contributed by atoms with E-state index < -0.39 is 0 Å². The molecule has 0 saturated carbocycles. The van der Waals surface area contributed by atoms with Crippen LogP contribution < -0.4 is 15.0 Å². The fourth-order valence-electron chi connectivity index (χ4n) is 2.35. The Kier molecular flexibility index (Phi) is 7.58. The van der Waals surface area contributed by atoms with Crippen molar-refractivity contribution in [3.8, 4) is 5.75 Å². The molecule has 0 fully saturated rings. The minimum absolute atomic E-state index is 0.193. The Morgan fingerprint density at radius 1 is 1.10 bits per heavy atom. The van der Waals surface area contributed by atoms with Crippen molar-refractivity contribution < 1.29 is 4.74 Å². The smallest absolute Gasteiger partial charge is 0.143 e. The van der Waals surface area contributed by atoms with Crippen LogP contribution in [-0.4, -0.2) is 25.7 Å². The number of hydrogen-bond donors (Lipinski definition) is 1. The van der Waals surface area contributed by atoms with Crippen LogP contribution in [-0.2, 0) is 6.54 Å². The first-order valence-electron chi connectivity index (χ1n) is 8.23. The predicted octanol–water partition coefficient (Wildman–Crippen LogP) is 4.07. The van der Waals surface area contributed by atoms with Crippen molar-refractivity contribution in [3.05, 3.63) is 23.8 Å². The molecule has 0 radical (unpaired) electrons. The molecule has 0 aliphatic heterocycles. The Labute approximate surface area is 130 Å². The van der Waals surface area contributed by atoms with Crippen LogP contribution in [0.1, 0.15) is 47.1 Å². The highest BCUT2D eigenvalue weighted by Crippen LogP contribution is 2.30. The second-order valence-corrected chi connectivity index (χ2v) is 6.17. The van der Waals surface area contributed by atoms with E-state index in [2.05, 4.69) is 70.0 Å². The number of nitrogens with zero attached hydrogens (tertiary/aromatic N) is 1. The first-order valence-corrected chi connectivity index (χ1v) is 8.23. The summed E-state index contributed by atoms with van der Waals surface area (Å²) in [7, 11) is 0. The van der Waals surface area contributed by atoms with Gasteiger partial charge in [0.1, 0.15) is 5.75 Å². The highest BCUT2D eigenvalue weighted by Gasteiger charge is 2.12. The van der Waals surface area contributed by atoms with E-state index in [9.17, 15) is 0 Å². The minimum Gasteiger partial charge on any atom is -0.489 e. The third kappa shape index (κ3) is 5.96. The van der Waals surface area contributed by atoms with Crippen molar-refractivity contribution in [1.82, 2.24) is 5.32 Å². The van der Waals surface area contributed by atoms with Crippen LogP contribution in [0.3, 0.4) is 0 Å². The Bertz CT molecular complexity index is 412. The number of rotatable bonds is 9. The summed E-state index contributed by atoms with van der Waals surface area (Å²) in [5.41, 5.74) is 2.48. The van der Waals surface area contributed by atoms with Gasteiger partial charge in [0, 0.05) is 19.6 Å². The molecule has 3 nitrogen and oxygen atoms in total. The second-order valence-electron chi connectivity index (χ2n) is 6.17. The first-order chi connectivity index (χ1) is 9.97. The molecule has 3 heteroatoms. The lowest BCUT2D eigenvalue weighted by Crippen LogP contribution is -2.24. The van der Waals surface area contributed by atoms with Gasteiger partial charge in [0.15, 0.2) is 0 Å². The molecule has 1 N–H and O–H groups in total. The molecule has 0 aromatic heterocycles. The standard InChI is InChI=1S/C18H32N2O/c1-7-20(8-2)17-10-9-16(13-19-12-14(3)4)11-18(17)21-15(5)6/h9-11,14-15,19H,7-8,12-13H2,1-6H3. The maximum absolute atomic E-state index is 6.03. The summed E-state index contributed by atoms with van der Waals surface area (Å²) in [4.78, 5) is 2.34. The maximum Gasteiger partial charge on any atom is 0.143 e. The SMILES string of the molecule is CCN(CC)c1ccc(CNCC(C)C)cc1OC(C)C. The van der Waals surface area contributed by atoms with E-state index in [1.54, 1.807) is 0 Å². The summed E-state index contributed by atoms with van der Waals surface area (Å²) in [6.45, 7) is 16.9. The van der Waals surface area contributed by atoms with Crippen LogP contribution in [0.5, 0.6) is 5.75 Å². The Morgan fingerprint density at radius 3 is 2.29 bits per heavy atom. The Balaban J connectivity index is 2.89. The average molecular weight is 292 g/mol. The number of anilines is 1. The third-order valence-corrected chi connectivity index (χ3v) is 3.37. The lowest BCUT2D eigenvalue weighted by atomic mass is 10.1. The second kappa shape index (κ2) is 8.93. The van der Waals surface area contributed by atoms with E-state index >= 15 is 0 Å². The van der Waals surface area contributed by atoms with Gasteiger partial charge in [-0.25, -0.2) is 0 Å². The van der Waals surface area contributed by atoms with Gasteiger partial charge in [-0.15, -0.1) is 0 Å². The fraction of sp³-hybridized carbons (Fsp3) is 0.667. The van der Waals surface area contributed by atoms with E-state index in [0.717, 1.165) is 31.9 Å². The number of benzene rings is 1. The third-order valence-electron chi connectivity index (χ3n) is 3.37. The average Bonchev–Trinajstić information content (AvgIpc) is 2.41. The van der Waals surface area contributed by atoms with Crippen LogP contribution in [0.15, 0.2) is 18.2 Å². The maximum atomic E-state index is 6.03. The lowest BCUT2D eigenvalue weighted by molar-refractivity contribution is 0.242. The molecule has 21 heavy (non-hydrogen) atoms. The molecule has 120 valence electrons. The van der Waals surface area contributed by atoms with Crippen molar-refractivity contribution in [2.45, 2.75) is 54.2 Å². The Morgan fingerprint density at radius 2 is 1.76 bits per heavy atom. The lowest BCUT2D eigenvalue weighted by Gasteiger charge is -2.25. The normalized spacial score (nSPS) is 11.2. The molecule has 0 unspecified atom stereocenters. The number of hydrogen-bond acceptors (Lipinski definition) is 3. The molecular weight excluding hydrogens is 260 g/mol. The van der Waals surface area contributed by atoms with Gasteiger partial charge in [-0.05, 0) is 57.9 Å². The monoisotopic (exact) mass is 292 g/mol. The largest absolute Gasteiger partial charge is 0.489 e. The van der Waals surface area contributed by atoms with Crippen molar-refractivity contribution >= 4 is 5.69 Å². The van der Waals surface area contributed by atoms with Gasteiger partial charge < -0.3 is 15.0 Å². The fourth-order valence-corrected chi connectivity index (χ4v) is 2.35. The summed E-state index contributed by atoms with van der Waals surface area (Å²) in [5.74, 6) is 1.67. The molecule has 0 aliphatic rings. The van der Waals surface area contributed by atoms with Crippen molar-refractivity contribution in [1.29, 1.82) is 0 Å². The first kappa shape index (κ1) is 17.8. The van der Waals surface area contributed by atoms with E-state index in [4.69, 9.17) is 4.74 Å².